The number of aliphatic hydroxyl groups is 1. The quantitative estimate of drug-likeness (QED) is 0.256. The van der Waals surface area contributed by atoms with Gasteiger partial charge >= 0.3 is 19.5 Å². The van der Waals surface area contributed by atoms with Crippen LogP contribution in [-0.2, 0) is 33.0 Å². The van der Waals surface area contributed by atoms with Crippen LogP contribution in [0.5, 0.6) is 5.75 Å². The highest BCUT2D eigenvalue weighted by Crippen LogP contribution is 2.46. The Morgan fingerprint density at radius 2 is 2.10 bits per heavy atom. The number of methoxy groups -OCH3 is 1. The third kappa shape index (κ3) is 7.29. The molecule has 0 spiro atoms. The number of fused-ring (bicyclic) bond motifs is 1. The van der Waals surface area contributed by atoms with Crippen LogP contribution in [0.1, 0.15) is 32.6 Å². The van der Waals surface area contributed by atoms with E-state index in [-0.39, 0.29) is 25.5 Å². The fourth-order valence-electron chi connectivity index (χ4n) is 5.03. The molecule has 7 atom stereocenters. The molecule has 0 aromatic heterocycles. The molecule has 1 aromatic rings. The number of rotatable bonds is 11. The van der Waals surface area contributed by atoms with E-state index in [0.717, 1.165) is 19.3 Å². The molecule has 0 bridgehead atoms. The average Bonchev–Trinajstić information content (AvgIpc) is 3.53. The number of hydrogen-bond donors (Lipinski definition) is 3. The molecule has 2 fully saturated rings. The maximum absolute atomic E-state index is 13.9. The van der Waals surface area contributed by atoms with Crippen molar-refractivity contribution >= 4 is 19.5 Å². The summed E-state index contributed by atoms with van der Waals surface area (Å²) in [5, 5.41) is 16.4. The Hall–Kier alpha value is -2.93. The molecular weight excluding hydrogens is 557 g/mol. The van der Waals surface area contributed by atoms with E-state index >= 15 is 0 Å². The summed E-state index contributed by atoms with van der Waals surface area (Å²) < 4.78 is 47.8. The number of amides is 2. The van der Waals surface area contributed by atoms with Gasteiger partial charge in [0, 0.05) is 24.8 Å². The first-order valence-corrected chi connectivity index (χ1v) is 15.5. The van der Waals surface area contributed by atoms with Crippen LogP contribution in [0.3, 0.4) is 0 Å². The van der Waals surface area contributed by atoms with E-state index in [1.54, 1.807) is 42.6 Å². The van der Waals surface area contributed by atoms with Crippen molar-refractivity contribution < 1.29 is 47.5 Å². The first-order valence-electron chi connectivity index (χ1n) is 13.7. The van der Waals surface area contributed by atoms with Crippen LogP contribution in [0.25, 0.3) is 0 Å². The predicted molar refractivity (Wildman–Crippen MR) is 144 cm³/mol. The van der Waals surface area contributed by atoms with Crippen LogP contribution in [-0.4, -0.2) is 85.5 Å². The molecule has 14 heteroatoms. The Morgan fingerprint density at radius 1 is 1.29 bits per heavy atom. The fourth-order valence-corrected chi connectivity index (χ4v) is 7.22. The van der Waals surface area contributed by atoms with E-state index in [1.807, 2.05) is 0 Å². The van der Waals surface area contributed by atoms with Crippen molar-refractivity contribution in [2.45, 2.75) is 69.6 Å². The van der Waals surface area contributed by atoms with Gasteiger partial charge in [0.2, 0.25) is 6.23 Å². The predicted octanol–water partition coefficient (Wildman–Crippen LogP) is 2.58. The summed E-state index contributed by atoms with van der Waals surface area (Å²) in [6.07, 6.45) is 2.35. The lowest BCUT2D eigenvalue weighted by atomic mass is 10.1. The molecule has 5 unspecified atom stereocenters. The largest absolute Gasteiger partial charge is 0.468 e. The third-order valence-corrected chi connectivity index (χ3v) is 9.23. The molecule has 5 rings (SSSR count). The third-order valence-electron chi connectivity index (χ3n) is 7.10. The van der Waals surface area contributed by atoms with Gasteiger partial charge in [0.1, 0.15) is 30.4 Å². The Kier molecular flexibility index (Phi) is 9.32. The Bertz CT molecular complexity index is 1200. The van der Waals surface area contributed by atoms with Crippen LogP contribution in [0.4, 0.5) is 4.79 Å². The molecule has 4 aliphatic heterocycles. The lowest BCUT2D eigenvalue weighted by Crippen LogP contribution is -2.51. The summed E-state index contributed by atoms with van der Waals surface area (Å²) in [5.74, 6) is 0.257. The zero-order valence-corrected chi connectivity index (χ0v) is 23.9. The summed E-state index contributed by atoms with van der Waals surface area (Å²) >= 11 is 0. The van der Waals surface area contributed by atoms with Gasteiger partial charge in [-0.3, -0.25) is 19.6 Å². The summed E-state index contributed by atoms with van der Waals surface area (Å²) in [7, 11) is -2.57. The number of aliphatic hydroxyl groups excluding tert-OH is 1. The minimum atomic E-state index is -3.80. The molecule has 4 aliphatic rings. The Morgan fingerprint density at radius 3 is 2.83 bits per heavy atom. The van der Waals surface area contributed by atoms with Crippen molar-refractivity contribution in [1.29, 1.82) is 0 Å². The van der Waals surface area contributed by atoms with Crippen LogP contribution < -0.4 is 14.9 Å². The number of esters is 1. The number of para-hydroxylation sites is 1. The molecule has 2 amide bonds. The highest BCUT2D eigenvalue weighted by Gasteiger charge is 2.45. The monoisotopic (exact) mass is 593 g/mol. The first-order chi connectivity index (χ1) is 19.7. The topological polar surface area (TPSA) is 154 Å². The van der Waals surface area contributed by atoms with Gasteiger partial charge in [-0.15, -0.1) is 0 Å². The summed E-state index contributed by atoms with van der Waals surface area (Å²) in [5.41, 5.74) is 0.695. The van der Waals surface area contributed by atoms with Crippen LogP contribution in [0.2, 0.25) is 0 Å². The standard InChI is InChI=1S/C27H36N3O10P/c1-17(26(32)35-2)29-41(34,40-19-8-4-3-5-9-19)16-22-21(31)13-23(39-22)30-14-18-12-20(38-25(18)28-27(30)33)15-37-24-10-6-7-11-36-24/h3-5,8-9,12,14,17,21-25,31H,6-7,10-11,13,15-16H2,1-2H3,(H,28,33)(H,29,34)/t17-,21-,22?,23?,24?,25?,41?/m1/s1. The Labute approximate surface area is 238 Å². The molecule has 0 saturated carbocycles. The summed E-state index contributed by atoms with van der Waals surface area (Å²) in [6.45, 7) is 2.38. The number of hydrogen-bond acceptors (Lipinski definition) is 10. The average molecular weight is 594 g/mol. The van der Waals surface area contributed by atoms with Gasteiger partial charge in [-0.25, -0.2) is 9.88 Å². The zero-order valence-electron chi connectivity index (χ0n) is 23.0. The molecule has 4 heterocycles. The van der Waals surface area contributed by atoms with Gasteiger partial charge in [0.15, 0.2) is 6.29 Å². The van der Waals surface area contributed by atoms with Crippen LogP contribution in [0.15, 0.2) is 53.9 Å². The van der Waals surface area contributed by atoms with Gasteiger partial charge in [-0.1, -0.05) is 18.2 Å². The molecule has 1 aromatic carbocycles. The van der Waals surface area contributed by atoms with E-state index in [1.165, 1.54) is 18.9 Å². The molecule has 224 valence electrons. The van der Waals surface area contributed by atoms with E-state index in [9.17, 15) is 19.3 Å². The van der Waals surface area contributed by atoms with Crippen molar-refractivity contribution in [3.63, 3.8) is 0 Å². The van der Waals surface area contributed by atoms with Crippen LogP contribution >= 0.6 is 7.52 Å². The lowest BCUT2D eigenvalue weighted by Gasteiger charge is -2.32. The number of nitrogens with one attached hydrogen (secondary N) is 2. The Balaban J connectivity index is 1.25. The summed E-state index contributed by atoms with van der Waals surface area (Å²) in [6, 6.07) is 7.07. The number of urea groups is 1. The van der Waals surface area contributed by atoms with Gasteiger partial charge in [0.05, 0.1) is 25.5 Å². The molecule has 0 radical (unpaired) electrons. The second kappa shape index (κ2) is 12.9. The van der Waals surface area contributed by atoms with E-state index in [4.69, 9.17) is 28.2 Å². The van der Waals surface area contributed by atoms with E-state index in [2.05, 4.69) is 10.4 Å². The van der Waals surface area contributed by atoms with Crippen molar-refractivity contribution in [3.05, 3.63) is 53.9 Å². The van der Waals surface area contributed by atoms with Crippen molar-refractivity contribution in [3.8, 4) is 5.75 Å². The number of carbonyl (C=O) groups is 2. The number of ether oxygens (including phenoxy) is 5. The van der Waals surface area contributed by atoms with Gasteiger partial charge in [0.25, 0.3) is 0 Å². The number of benzene rings is 1. The minimum Gasteiger partial charge on any atom is -0.468 e. The maximum Gasteiger partial charge on any atom is 0.326 e. The molecular formula is C27H36N3O10P. The van der Waals surface area contributed by atoms with Crippen molar-refractivity contribution in [1.82, 2.24) is 15.3 Å². The molecule has 13 nitrogen and oxygen atoms in total. The lowest BCUT2D eigenvalue weighted by molar-refractivity contribution is -0.162. The zero-order chi connectivity index (χ0) is 29.0. The van der Waals surface area contributed by atoms with Gasteiger partial charge < -0.3 is 33.3 Å². The first kappa shape index (κ1) is 29.6. The van der Waals surface area contributed by atoms with Gasteiger partial charge in [-0.2, -0.15) is 0 Å². The fraction of sp³-hybridized carbons (Fsp3) is 0.556. The minimum absolute atomic E-state index is 0.0734. The molecule has 3 N–H and O–H groups in total. The highest BCUT2D eigenvalue weighted by atomic mass is 31.2. The SMILES string of the molecule is COC(=O)[C@@H](C)NP(=O)(CC1OC(N2C=C3C=C(COC4CCCCO4)OC3NC2=O)C[C@H]1O)Oc1ccccc1. The summed E-state index contributed by atoms with van der Waals surface area (Å²) in [4.78, 5) is 26.3. The van der Waals surface area contributed by atoms with Gasteiger partial charge in [-0.05, 0) is 44.4 Å². The number of nitrogens with zero attached hydrogens (tertiary/aromatic N) is 1. The second-order valence-electron chi connectivity index (χ2n) is 10.3. The second-order valence-corrected chi connectivity index (χ2v) is 12.4. The molecule has 41 heavy (non-hydrogen) atoms. The normalized spacial score (nSPS) is 29.8. The van der Waals surface area contributed by atoms with E-state index < -0.39 is 50.2 Å². The number of carbonyl (C=O) groups excluding carboxylic acids is 2. The van der Waals surface area contributed by atoms with Crippen LogP contribution in [0, 0.1) is 0 Å². The molecule has 0 aliphatic carbocycles. The molecule has 2 saturated heterocycles. The highest BCUT2D eigenvalue weighted by molar-refractivity contribution is 7.57. The maximum atomic E-state index is 13.9. The smallest absolute Gasteiger partial charge is 0.326 e. The van der Waals surface area contributed by atoms with E-state index in [0.29, 0.717) is 23.7 Å². The van der Waals surface area contributed by atoms with Crippen molar-refractivity contribution in [2.24, 2.45) is 0 Å². The van der Waals surface area contributed by atoms with Crippen molar-refractivity contribution in [2.75, 3.05) is 26.5 Å².